The molecule has 1 saturated carbocycles. The Balaban J connectivity index is 2.15. The standard InChI is InChI=1S/C26H40N6O4/c1-17(33)29-14-7-15-30-25(35)22(19-8-5-4-6-9-19)31-24(34)21(26(36)32(2)3)16-18-10-12-20(13-11-18)23(27)28/h10-13,19,21-22H,4-9,14-16H2,1-3H3,(H3,27,28)(H,29,33)(H,30,35)(H,31,34). The molecule has 36 heavy (non-hydrogen) atoms. The molecule has 0 radical (unpaired) electrons. The van der Waals surface area contributed by atoms with Crippen molar-refractivity contribution < 1.29 is 19.2 Å². The van der Waals surface area contributed by atoms with Crippen molar-refractivity contribution in [1.82, 2.24) is 20.9 Å². The number of hydrogen-bond acceptors (Lipinski definition) is 5. The summed E-state index contributed by atoms with van der Waals surface area (Å²) in [6.07, 6.45) is 5.51. The van der Waals surface area contributed by atoms with Crippen LogP contribution < -0.4 is 21.7 Å². The van der Waals surface area contributed by atoms with Gasteiger partial charge in [-0.1, -0.05) is 43.5 Å². The number of carbonyl (C=O) groups excluding carboxylic acids is 4. The lowest BCUT2D eigenvalue weighted by molar-refractivity contribution is -0.142. The van der Waals surface area contributed by atoms with E-state index in [0.29, 0.717) is 25.1 Å². The summed E-state index contributed by atoms with van der Waals surface area (Å²) in [6, 6.07) is 6.15. The molecule has 0 saturated heterocycles. The van der Waals surface area contributed by atoms with Crippen molar-refractivity contribution in [3.63, 3.8) is 0 Å². The summed E-state index contributed by atoms with van der Waals surface area (Å²) in [4.78, 5) is 51.9. The van der Waals surface area contributed by atoms with Crippen molar-refractivity contribution in [1.29, 1.82) is 5.41 Å². The van der Waals surface area contributed by atoms with Crippen LogP contribution in [-0.4, -0.2) is 67.6 Å². The maximum atomic E-state index is 13.4. The van der Waals surface area contributed by atoms with Crippen LogP contribution in [0.3, 0.4) is 0 Å². The lowest BCUT2D eigenvalue weighted by Gasteiger charge is -2.31. The van der Waals surface area contributed by atoms with Gasteiger partial charge < -0.3 is 26.6 Å². The summed E-state index contributed by atoms with van der Waals surface area (Å²) >= 11 is 0. The molecule has 1 aliphatic rings. The first-order chi connectivity index (χ1) is 17.1. The average Bonchev–Trinajstić information content (AvgIpc) is 2.85. The Hall–Kier alpha value is -3.43. The molecule has 10 nitrogen and oxygen atoms in total. The van der Waals surface area contributed by atoms with Crippen molar-refractivity contribution in [2.24, 2.45) is 17.6 Å². The van der Waals surface area contributed by atoms with Crippen LogP contribution in [0.5, 0.6) is 0 Å². The van der Waals surface area contributed by atoms with E-state index in [1.807, 2.05) is 0 Å². The zero-order valence-corrected chi connectivity index (χ0v) is 21.6. The number of nitrogens with two attached hydrogens (primary N) is 1. The molecule has 0 bridgehead atoms. The Morgan fingerprint density at radius 2 is 1.61 bits per heavy atom. The molecule has 0 aromatic heterocycles. The monoisotopic (exact) mass is 500 g/mol. The molecule has 10 heteroatoms. The van der Waals surface area contributed by atoms with Crippen LogP contribution in [-0.2, 0) is 25.6 Å². The number of amides is 4. The number of hydrogen-bond donors (Lipinski definition) is 5. The number of rotatable bonds is 12. The third-order valence-electron chi connectivity index (χ3n) is 6.49. The quantitative estimate of drug-likeness (QED) is 0.125. The first kappa shape index (κ1) is 28.8. The third-order valence-corrected chi connectivity index (χ3v) is 6.49. The topological polar surface area (TPSA) is 157 Å². The van der Waals surface area contributed by atoms with E-state index in [1.54, 1.807) is 38.4 Å². The minimum Gasteiger partial charge on any atom is -0.384 e. The SMILES string of the molecule is CC(=O)NCCCNC(=O)C(NC(=O)C(Cc1ccc(C(=N)N)cc1)C(=O)N(C)C)C1CCCCC1. The molecule has 198 valence electrons. The zero-order valence-electron chi connectivity index (χ0n) is 21.6. The Labute approximate surface area is 213 Å². The van der Waals surface area contributed by atoms with Gasteiger partial charge in [-0.15, -0.1) is 0 Å². The predicted octanol–water partition coefficient (Wildman–Crippen LogP) is 0.925. The molecular weight excluding hydrogens is 460 g/mol. The van der Waals surface area contributed by atoms with Crippen molar-refractivity contribution >= 4 is 29.5 Å². The second-order valence-corrected chi connectivity index (χ2v) is 9.61. The first-order valence-corrected chi connectivity index (χ1v) is 12.6. The Bertz CT molecular complexity index is 925. The van der Waals surface area contributed by atoms with E-state index in [-0.39, 0.29) is 35.9 Å². The molecule has 6 N–H and O–H groups in total. The number of nitrogens with one attached hydrogen (secondary N) is 4. The fraction of sp³-hybridized carbons (Fsp3) is 0.577. The summed E-state index contributed by atoms with van der Waals surface area (Å²) in [5.41, 5.74) is 6.84. The molecule has 1 aromatic carbocycles. The highest BCUT2D eigenvalue weighted by molar-refractivity contribution is 6.02. The van der Waals surface area contributed by atoms with Crippen LogP contribution >= 0.6 is 0 Å². The maximum Gasteiger partial charge on any atom is 0.242 e. The molecule has 1 aromatic rings. The van der Waals surface area contributed by atoms with Crippen LogP contribution in [0.25, 0.3) is 0 Å². The summed E-state index contributed by atoms with van der Waals surface area (Å²) in [5, 5.41) is 16.0. The number of benzene rings is 1. The minimum atomic E-state index is -0.998. The summed E-state index contributed by atoms with van der Waals surface area (Å²) in [6.45, 7) is 2.27. The van der Waals surface area contributed by atoms with Crippen LogP contribution in [0.15, 0.2) is 24.3 Å². The van der Waals surface area contributed by atoms with Crippen LogP contribution in [0.1, 0.15) is 56.6 Å². The second-order valence-electron chi connectivity index (χ2n) is 9.61. The molecular formula is C26H40N6O4. The molecule has 4 amide bonds. The number of nitrogen functional groups attached to an aromatic ring is 1. The van der Waals surface area contributed by atoms with Crippen molar-refractivity contribution in [3.05, 3.63) is 35.4 Å². The van der Waals surface area contributed by atoms with E-state index in [1.165, 1.54) is 11.8 Å². The number of carbonyl (C=O) groups is 4. The lowest BCUT2D eigenvalue weighted by atomic mass is 9.83. The molecule has 0 heterocycles. The highest BCUT2D eigenvalue weighted by atomic mass is 16.2. The zero-order chi connectivity index (χ0) is 26.7. The van der Waals surface area contributed by atoms with E-state index < -0.39 is 17.9 Å². The minimum absolute atomic E-state index is 0.00278. The average molecular weight is 501 g/mol. The highest BCUT2D eigenvalue weighted by Crippen LogP contribution is 2.27. The van der Waals surface area contributed by atoms with Gasteiger partial charge in [0.05, 0.1) is 0 Å². The first-order valence-electron chi connectivity index (χ1n) is 12.6. The van der Waals surface area contributed by atoms with Gasteiger partial charge in [0, 0.05) is 39.7 Å². The Morgan fingerprint density at radius 3 is 2.17 bits per heavy atom. The van der Waals surface area contributed by atoms with E-state index in [4.69, 9.17) is 11.1 Å². The van der Waals surface area contributed by atoms with Crippen LogP contribution in [0.4, 0.5) is 0 Å². The van der Waals surface area contributed by atoms with Crippen molar-refractivity contribution in [2.45, 2.75) is 57.9 Å². The van der Waals surface area contributed by atoms with Gasteiger partial charge >= 0.3 is 0 Å². The lowest BCUT2D eigenvalue weighted by Crippen LogP contribution is -2.54. The van der Waals surface area contributed by atoms with Gasteiger partial charge in [0.2, 0.25) is 23.6 Å². The van der Waals surface area contributed by atoms with E-state index >= 15 is 0 Å². The van der Waals surface area contributed by atoms with Crippen molar-refractivity contribution in [3.8, 4) is 0 Å². The molecule has 1 aliphatic carbocycles. The van der Waals surface area contributed by atoms with Gasteiger partial charge in [-0.05, 0) is 37.2 Å². The molecule has 2 unspecified atom stereocenters. The molecule has 1 fully saturated rings. The normalized spacial score (nSPS) is 15.3. The highest BCUT2D eigenvalue weighted by Gasteiger charge is 2.35. The van der Waals surface area contributed by atoms with E-state index in [9.17, 15) is 19.2 Å². The van der Waals surface area contributed by atoms with E-state index in [2.05, 4.69) is 16.0 Å². The number of amidine groups is 1. The van der Waals surface area contributed by atoms with Gasteiger partial charge in [0.1, 0.15) is 17.8 Å². The smallest absolute Gasteiger partial charge is 0.242 e. The third kappa shape index (κ3) is 8.98. The Morgan fingerprint density at radius 1 is 1.00 bits per heavy atom. The summed E-state index contributed by atoms with van der Waals surface area (Å²) < 4.78 is 0. The maximum absolute atomic E-state index is 13.4. The fourth-order valence-electron chi connectivity index (χ4n) is 4.45. The summed E-state index contributed by atoms with van der Waals surface area (Å²) in [7, 11) is 3.20. The molecule has 2 rings (SSSR count). The number of nitrogens with zero attached hydrogens (tertiary/aromatic N) is 1. The van der Waals surface area contributed by atoms with Crippen LogP contribution in [0, 0.1) is 17.2 Å². The van der Waals surface area contributed by atoms with Gasteiger partial charge in [-0.25, -0.2) is 0 Å². The molecule has 2 atom stereocenters. The van der Waals surface area contributed by atoms with Gasteiger partial charge in [0.25, 0.3) is 0 Å². The van der Waals surface area contributed by atoms with Gasteiger partial charge in [-0.2, -0.15) is 0 Å². The van der Waals surface area contributed by atoms with Gasteiger partial charge in [0.15, 0.2) is 0 Å². The summed E-state index contributed by atoms with van der Waals surface area (Å²) in [5.74, 6) is -2.26. The largest absolute Gasteiger partial charge is 0.384 e. The van der Waals surface area contributed by atoms with E-state index in [0.717, 1.165) is 37.7 Å². The van der Waals surface area contributed by atoms with Crippen LogP contribution in [0.2, 0.25) is 0 Å². The van der Waals surface area contributed by atoms with Crippen molar-refractivity contribution in [2.75, 3.05) is 27.2 Å². The fourth-order valence-corrected chi connectivity index (χ4v) is 4.45. The second kappa shape index (κ2) is 14.2. The Kier molecular flexibility index (Phi) is 11.4. The van der Waals surface area contributed by atoms with Gasteiger partial charge in [-0.3, -0.25) is 24.6 Å². The molecule has 0 spiro atoms. The molecule has 0 aliphatic heterocycles. The predicted molar refractivity (Wildman–Crippen MR) is 138 cm³/mol.